The topological polar surface area (TPSA) is 81.8 Å². The molecule has 1 saturated heterocycles. The van der Waals surface area contributed by atoms with Gasteiger partial charge >= 0.3 is 0 Å². The van der Waals surface area contributed by atoms with Gasteiger partial charge in [0, 0.05) is 31.9 Å². The van der Waals surface area contributed by atoms with E-state index in [2.05, 4.69) is 22.5 Å². The van der Waals surface area contributed by atoms with E-state index < -0.39 is 10.0 Å². The molecule has 0 radical (unpaired) electrons. The number of piperazine rings is 1. The Bertz CT molecular complexity index is 736. The first-order chi connectivity index (χ1) is 12.5. The summed E-state index contributed by atoms with van der Waals surface area (Å²) in [4.78, 5) is 14.5. The van der Waals surface area contributed by atoms with Gasteiger partial charge in [0.2, 0.25) is 15.9 Å². The third-order valence-corrected chi connectivity index (χ3v) is 6.84. The zero-order valence-corrected chi connectivity index (χ0v) is 18.5. The van der Waals surface area contributed by atoms with Crippen LogP contribution in [0.5, 0.6) is 0 Å². The van der Waals surface area contributed by atoms with Crippen LogP contribution in [-0.4, -0.2) is 69.3 Å². The lowest BCUT2D eigenvalue weighted by Crippen LogP contribution is -2.48. The molecule has 7 nitrogen and oxygen atoms in total. The summed E-state index contributed by atoms with van der Waals surface area (Å²) in [7, 11) is -3.53. The molecule has 10 heteroatoms. The summed E-state index contributed by atoms with van der Waals surface area (Å²) in [6, 6.07) is 6.51. The Morgan fingerprint density at radius 1 is 1.14 bits per heavy atom. The fraction of sp³-hybridized carbons (Fsp3) is 0.611. The number of anilines is 1. The molecule has 1 aliphatic heterocycles. The highest BCUT2D eigenvalue weighted by Crippen LogP contribution is 2.27. The summed E-state index contributed by atoms with van der Waals surface area (Å²) < 4.78 is 27.2. The first-order valence-electron chi connectivity index (χ1n) is 9.32. The van der Waals surface area contributed by atoms with Crippen molar-refractivity contribution < 1.29 is 13.2 Å². The largest absolute Gasteiger partial charge is 0.325 e. The van der Waals surface area contributed by atoms with E-state index in [1.54, 1.807) is 24.3 Å². The van der Waals surface area contributed by atoms with Crippen LogP contribution < -0.4 is 10.6 Å². The summed E-state index contributed by atoms with van der Waals surface area (Å²) in [6.45, 7) is 6.62. The minimum atomic E-state index is -3.53. The molecule has 1 aliphatic carbocycles. The number of sulfonamides is 1. The van der Waals surface area contributed by atoms with Crippen molar-refractivity contribution >= 4 is 46.4 Å². The molecule has 2 fully saturated rings. The van der Waals surface area contributed by atoms with Crippen molar-refractivity contribution in [1.29, 1.82) is 0 Å². The first-order valence-corrected chi connectivity index (χ1v) is 10.8. The number of rotatable bonds is 8. The number of likely N-dealkylation sites (N-methyl/N-ethyl adjacent to an activating group) is 1. The van der Waals surface area contributed by atoms with Crippen molar-refractivity contribution in [2.75, 3.05) is 51.1 Å². The van der Waals surface area contributed by atoms with Gasteiger partial charge in [-0.2, -0.15) is 4.31 Å². The Hall–Kier alpha value is -0.900. The Labute approximate surface area is 180 Å². The highest BCUT2D eigenvalue weighted by atomic mass is 35.5. The number of benzene rings is 1. The molecule has 0 atom stereocenters. The molecule has 1 heterocycles. The van der Waals surface area contributed by atoms with Crippen LogP contribution in [0.1, 0.15) is 19.8 Å². The minimum absolute atomic E-state index is 0. The fourth-order valence-electron chi connectivity index (χ4n) is 3.09. The Balaban J connectivity index is 0.00000196. The SMILES string of the molecule is CCN1CCN(S(=O)(=O)c2cccc(NC(=O)CNCC3CC3)c2)CC1.Cl.Cl. The number of amides is 1. The maximum Gasteiger partial charge on any atom is 0.243 e. The Kier molecular flexibility index (Phi) is 10.2. The molecule has 1 amide bonds. The van der Waals surface area contributed by atoms with Gasteiger partial charge in [0.25, 0.3) is 0 Å². The number of nitrogens with zero attached hydrogens (tertiary/aromatic N) is 2. The van der Waals surface area contributed by atoms with Gasteiger partial charge in [-0.1, -0.05) is 13.0 Å². The zero-order valence-electron chi connectivity index (χ0n) is 16.1. The second-order valence-corrected chi connectivity index (χ2v) is 8.93. The third-order valence-electron chi connectivity index (χ3n) is 4.95. The number of hydrogen-bond acceptors (Lipinski definition) is 5. The van der Waals surface area contributed by atoms with E-state index in [4.69, 9.17) is 0 Å². The van der Waals surface area contributed by atoms with Crippen LogP contribution in [0.3, 0.4) is 0 Å². The van der Waals surface area contributed by atoms with Crippen molar-refractivity contribution in [3.8, 4) is 0 Å². The minimum Gasteiger partial charge on any atom is -0.325 e. The smallest absolute Gasteiger partial charge is 0.243 e. The lowest BCUT2D eigenvalue weighted by Gasteiger charge is -2.33. The molecule has 3 rings (SSSR count). The predicted octanol–water partition coefficient (Wildman–Crippen LogP) is 1.79. The molecular weight excluding hydrogens is 423 g/mol. The summed E-state index contributed by atoms with van der Waals surface area (Å²) in [6.07, 6.45) is 2.47. The Morgan fingerprint density at radius 3 is 2.43 bits per heavy atom. The molecule has 0 unspecified atom stereocenters. The van der Waals surface area contributed by atoms with E-state index in [1.807, 2.05) is 0 Å². The Morgan fingerprint density at radius 2 is 1.82 bits per heavy atom. The van der Waals surface area contributed by atoms with Gasteiger partial charge in [-0.3, -0.25) is 4.79 Å². The van der Waals surface area contributed by atoms with Gasteiger partial charge in [-0.25, -0.2) is 8.42 Å². The molecule has 0 aromatic heterocycles. The average Bonchev–Trinajstić information content (AvgIpc) is 3.46. The van der Waals surface area contributed by atoms with Crippen LogP contribution in [0.15, 0.2) is 29.2 Å². The summed E-state index contributed by atoms with van der Waals surface area (Å²) >= 11 is 0. The third kappa shape index (κ3) is 6.86. The highest BCUT2D eigenvalue weighted by molar-refractivity contribution is 7.89. The number of carbonyl (C=O) groups excluding carboxylic acids is 1. The maximum atomic E-state index is 12.9. The quantitative estimate of drug-likeness (QED) is 0.628. The van der Waals surface area contributed by atoms with Crippen LogP contribution in [0.25, 0.3) is 0 Å². The molecule has 0 spiro atoms. The normalized spacial score (nSPS) is 18.0. The molecule has 0 bridgehead atoms. The molecule has 160 valence electrons. The lowest BCUT2D eigenvalue weighted by molar-refractivity contribution is -0.115. The van der Waals surface area contributed by atoms with Crippen LogP contribution in [0, 0.1) is 5.92 Å². The van der Waals surface area contributed by atoms with Crippen LogP contribution in [0.2, 0.25) is 0 Å². The summed E-state index contributed by atoms with van der Waals surface area (Å²) in [5.74, 6) is 0.557. The van der Waals surface area contributed by atoms with Gasteiger partial charge in [-0.15, -0.1) is 24.8 Å². The maximum absolute atomic E-state index is 12.9. The van der Waals surface area contributed by atoms with Gasteiger partial charge < -0.3 is 15.5 Å². The fourth-order valence-corrected chi connectivity index (χ4v) is 4.56. The molecular formula is C18H30Cl2N4O3S. The molecule has 1 aromatic rings. The van der Waals surface area contributed by atoms with Crippen molar-refractivity contribution in [3.05, 3.63) is 24.3 Å². The molecule has 1 aromatic carbocycles. The standard InChI is InChI=1S/C18H28N4O3S.2ClH/c1-2-21-8-10-22(11-9-21)26(24,25)17-5-3-4-16(12-17)20-18(23)14-19-13-15-6-7-15;;/h3-5,12,15,19H,2,6-11,13-14H2,1H3,(H,20,23);2*1H. The van der Waals surface area contributed by atoms with Gasteiger partial charge in [0.15, 0.2) is 0 Å². The van der Waals surface area contributed by atoms with Crippen molar-refractivity contribution in [2.45, 2.75) is 24.7 Å². The van der Waals surface area contributed by atoms with Gasteiger partial charge in [0.1, 0.15) is 0 Å². The molecule has 2 N–H and O–H groups in total. The average molecular weight is 453 g/mol. The number of nitrogens with one attached hydrogen (secondary N) is 2. The molecule has 28 heavy (non-hydrogen) atoms. The van der Waals surface area contributed by atoms with Crippen molar-refractivity contribution in [3.63, 3.8) is 0 Å². The second-order valence-electron chi connectivity index (χ2n) is 6.99. The van der Waals surface area contributed by atoms with Crippen LogP contribution in [0.4, 0.5) is 5.69 Å². The summed E-state index contributed by atoms with van der Waals surface area (Å²) in [5.41, 5.74) is 0.511. The lowest BCUT2D eigenvalue weighted by atomic mass is 10.3. The predicted molar refractivity (Wildman–Crippen MR) is 116 cm³/mol. The van der Waals surface area contributed by atoms with Crippen LogP contribution >= 0.6 is 24.8 Å². The van der Waals surface area contributed by atoms with E-state index >= 15 is 0 Å². The van der Waals surface area contributed by atoms with Gasteiger partial charge in [0.05, 0.1) is 11.4 Å². The molecule has 1 saturated carbocycles. The number of halogens is 2. The first kappa shape index (κ1) is 25.1. The van der Waals surface area contributed by atoms with Gasteiger partial charge in [-0.05, 0) is 50.0 Å². The van der Waals surface area contributed by atoms with E-state index in [0.717, 1.165) is 26.2 Å². The van der Waals surface area contributed by atoms with E-state index in [0.29, 0.717) is 24.7 Å². The number of carbonyl (C=O) groups is 1. The zero-order chi connectivity index (χ0) is 18.6. The van der Waals surface area contributed by atoms with E-state index in [-0.39, 0.29) is 42.2 Å². The van der Waals surface area contributed by atoms with Crippen LogP contribution in [-0.2, 0) is 14.8 Å². The number of hydrogen-bond donors (Lipinski definition) is 2. The van der Waals surface area contributed by atoms with E-state index in [9.17, 15) is 13.2 Å². The monoisotopic (exact) mass is 452 g/mol. The highest BCUT2D eigenvalue weighted by Gasteiger charge is 2.28. The van der Waals surface area contributed by atoms with E-state index in [1.165, 1.54) is 17.1 Å². The second kappa shape index (κ2) is 11.3. The summed E-state index contributed by atoms with van der Waals surface area (Å²) in [5, 5.41) is 5.91. The molecule has 2 aliphatic rings. The van der Waals surface area contributed by atoms with Crippen molar-refractivity contribution in [2.24, 2.45) is 5.92 Å². The van der Waals surface area contributed by atoms with Crippen molar-refractivity contribution in [1.82, 2.24) is 14.5 Å².